The molecule has 0 aliphatic carbocycles. The Hall–Kier alpha value is -2.62. The van der Waals surface area contributed by atoms with Crippen LogP contribution in [0.5, 0.6) is 0 Å². The third-order valence-corrected chi connectivity index (χ3v) is 6.15. The largest absolute Gasteiger partial charge is 0.0909 e. The minimum absolute atomic E-state index is 0.959. The number of unbranched alkanes of at least 4 members (excludes halogenated alkanes) is 6. The first-order valence-electron chi connectivity index (χ1n) is 11.3. The van der Waals surface area contributed by atoms with Crippen molar-refractivity contribution >= 4 is 23.5 Å². The number of benzene rings is 2. The quantitative estimate of drug-likeness (QED) is 0.223. The van der Waals surface area contributed by atoms with Crippen LogP contribution in [0.3, 0.4) is 0 Å². The fourth-order valence-corrected chi connectivity index (χ4v) is 4.05. The smallest absolute Gasteiger partial charge is 0.0401 e. The second kappa shape index (κ2) is 17.0. The molecule has 0 atom stereocenters. The Kier molecular flexibility index (Phi) is 13.6. The summed E-state index contributed by atoms with van der Waals surface area (Å²) in [6.07, 6.45) is 9.20. The maximum atomic E-state index is 3.25. The molecular weight excluding hydrogens is 424 g/mol. The minimum atomic E-state index is 0.959. The van der Waals surface area contributed by atoms with Crippen LogP contribution in [0.2, 0.25) is 0 Å². The van der Waals surface area contributed by atoms with E-state index >= 15 is 0 Å². The van der Waals surface area contributed by atoms with Gasteiger partial charge in [-0.05, 0) is 83.0 Å². The van der Waals surface area contributed by atoms with Crippen molar-refractivity contribution in [2.45, 2.75) is 75.0 Å². The van der Waals surface area contributed by atoms with Gasteiger partial charge in [0.2, 0.25) is 0 Å². The van der Waals surface area contributed by atoms with Gasteiger partial charge in [-0.2, -0.15) is 0 Å². The first kappa shape index (κ1) is 25.6. The average molecular weight is 455 g/mol. The molecule has 0 spiro atoms. The lowest BCUT2D eigenvalue weighted by Crippen LogP contribution is -1.80. The normalized spacial score (nSPS) is 9.19. The van der Waals surface area contributed by atoms with Crippen LogP contribution in [0.1, 0.15) is 76.3 Å². The summed E-state index contributed by atoms with van der Waals surface area (Å²) in [6.45, 7) is 4.42. The molecule has 162 valence electrons. The molecule has 0 unspecified atom stereocenters. The van der Waals surface area contributed by atoms with Gasteiger partial charge in [-0.15, -0.1) is 0 Å². The van der Waals surface area contributed by atoms with Gasteiger partial charge in [-0.25, -0.2) is 0 Å². The van der Waals surface area contributed by atoms with Crippen LogP contribution in [0, 0.1) is 46.0 Å². The predicted octanol–water partition coefficient (Wildman–Crippen LogP) is 8.36. The van der Waals surface area contributed by atoms with Crippen molar-refractivity contribution in [2.75, 3.05) is 0 Å². The molecule has 0 amide bonds. The SMILES string of the molecule is CCCCCC#CSc1ccccc1C#CC#Cc1ccccc1SC#CCCCCC. The van der Waals surface area contributed by atoms with Crippen LogP contribution >= 0.6 is 23.5 Å². The first-order chi connectivity index (χ1) is 15.8. The van der Waals surface area contributed by atoms with Crippen molar-refractivity contribution in [1.29, 1.82) is 0 Å². The molecule has 0 saturated carbocycles. The van der Waals surface area contributed by atoms with Crippen LogP contribution in [0.4, 0.5) is 0 Å². The lowest BCUT2D eigenvalue weighted by atomic mass is 10.2. The summed E-state index contributed by atoms with van der Waals surface area (Å²) >= 11 is 3.10. The Morgan fingerprint density at radius 1 is 0.594 bits per heavy atom. The highest BCUT2D eigenvalue weighted by molar-refractivity contribution is 8.04. The Morgan fingerprint density at radius 2 is 1.03 bits per heavy atom. The molecule has 0 fully saturated rings. The molecule has 0 nitrogen and oxygen atoms in total. The molecule has 0 heterocycles. The Labute approximate surface area is 203 Å². The van der Waals surface area contributed by atoms with E-state index in [1.807, 2.05) is 36.4 Å². The third kappa shape index (κ3) is 10.6. The van der Waals surface area contributed by atoms with Crippen molar-refractivity contribution in [1.82, 2.24) is 0 Å². The van der Waals surface area contributed by atoms with Crippen molar-refractivity contribution < 1.29 is 0 Å². The minimum Gasteiger partial charge on any atom is -0.0909 e. The third-order valence-electron chi connectivity index (χ3n) is 4.51. The van der Waals surface area contributed by atoms with Crippen LogP contribution in [-0.4, -0.2) is 0 Å². The second-order valence-electron chi connectivity index (χ2n) is 7.17. The van der Waals surface area contributed by atoms with E-state index in [1.54, 1.807) is 23.5 Å². The fraction of sp³-hybridized carbons (Fsp3) is 0.333. The molecule has 0 aromatic heterocycles. The summed E-state index contributed by atoms with van der Waals surface area (Å²) in [4.78, 5) is 2.16. The number of rotatable bonds is 8. The zero-order valence-corrected chi connectivity index (χ0v) is 20.7. The highest BCUT2D eigenvalue weighted by Crippen LogP contribution is 2.22. The van der Waals surface area contributed by atoms with Gasteiger partial charge >= 0.3 is 0 Å². The Morgan fingerprint density at radius 3 is 1.47 bits per heavy atom. The molecule has 0 radical (unpaired) electrons. The Bertz CT molecular complexity index is 993. The van der Waals surface area contributed by atoms with Gasteiger partial charge in [-0.3, -0.25) is 0 Å². The van der Waals surface area contributed by atoms with Crippen molar-refractivity contribution in [3.8, 4) is 46.0 Å². The zero-order chi connectivity index (χ0) is 22.7. The molecule has 32 heavy (non-hydrogen) atoms. The van der Waals surface area contributed by atoms with Crippen molar-refractivity contribution in [3.05, 3.63) is 59.7 Å². The van der Waals surface area contributed by atoms with Crippen LogP contribution < -0.4 is 0 Å². The topological polar surface area (TPSA) is 0 Å². The van der Waals surface area contributed by atoms with Gasteiger partial charge < -0.3 is 0 Å². The summed E-state index contributed by atoms with van der Waals surface area (Å²) in [5, 5.41) is 6.41. The summed E-state index contributed by atoms with van der Waals surface area (Å²) < 4.78 is 0. The van der Waals surface area contributed by atoms with Gasteiger partial charge in [0.15, 0.2) is 0 Å². The molecule has 0 N–H and O–H groups in total. The van der Waals surface area contributed by atoms with Gasteiger partial charge in [0.25, 0.3) is 0 Å². The summed E-state index contributed by atoms with van der Waals surface area (Å²) in [6, 6.07) is 16.2. The molecule has 2 rings (SSSR count). The van der Waals surface area contributed by atoms with E-state index in [1.165, 1.54) is 38.5 Å². The molecule has 0 bridgehead atoms. The number of hydrogen-bond donors (Lipinski definition) is 0. The van der Waals surface area contributed by atoms with Gasteiger partial charge in [0.1, 0.15) is 0 Å². The molecule has 2 aromatic rings. The fourth-order valence-electron chi connectivity index (χ4n) is 2.73. The van der Waals surface area contributed by atoms with Crippen LogP contribution in [-0.2, 0) is 0 Å². The van der Waals surface area contributed by atoms with Crippen LogP contribution in [0.15, 0.2) is 58.3 Å². The first-order valence-corrected chi connectivity index (χ1v) is 13.0. The van der Waals surface area contributed by atoms with E-state index in [-0.39, 0.29) is 0 Å². The van der Waals surface area contributed by atoms with E-state index in [0.717, 1.165) is 33.8 Å². The lowest BCUT2D eigenvalue weighted by molar-refractivity contribution is 0.737. The van der Waals surface area contributed by atoms with Crippen LogP contribution in [0.25, 0.3) is 0 Å². The summed E-state index contributed by atoms with van der Waals surface area (Å²) in [5.41, 5.74) is 1.94. The standard InChI is InChI=1S/C30H30S2/c1-3-5-7-9-17-25-31-29-23-15-13-21-27(29)19-11-12-20-28-22-14-16-24-30(28)32-26-18-10-8-6-4-2/h13-16,21-24H,3-10H2,1-2H3. The molecule has 2 aromatic carbocycles. The maximum Gasteiger partial charge on any atom is 0.0401 e. The number of hydrogen-bond acceptors (Lipinski definition) is 2. The lowest BCUT2D eigenvalue weighted by Gasteiger charge is -1.98. The second-order valence-corrected chi connectivity index (χ2v) is 8.86. The monoisotopic (exact) mass is 454 g/mol. The van der Waals surface area contributed by atoms with E-state index in [9.17, 15) is 0 Å². The highest BCUT2D eigenvalue weighted by atomic mass is 32.2. The highest BCUT2D eigenvalue weighted by Gasteiger charge is 1.98. The summed E-state index contributed by atoms with van der Waals surface area (Å²) in [7, 11) is 0. The van der Waals surface area contributed by atoms with Crippen molar-refractivity contribution in [3.63, 3.8) is 0 Å². The van der Waals surface area contributed by atoms with Gasteiger partial charge in [-0.1, -0.05) is 87.5 Å². The molecule has 0 aliphatic heterocycles. The molecule has 0 saturated heterocycles. The Balaban J connectivity index is 2.01. The zero-order valence-electron chi connectivity index (χ0n) is 19.1. The van der Waals surface area contributed by atoms with E-state index < -0.39 is 0 Å². The van der Waals surface area contributed by atoms with Crippen molar-refractivity contribution in [2.24, 2.45) is 0 Å². The average Bonchev–Trinajstić information content (AvgIpc) is 2.82. The van der Waals surface area contributed by atoms with Gasteiger partial charge in [0.05, 0.1) is 0 Å². The summed E-state index contributed by atoms with van der Waals surface area (Å²) in [5.74, 6) is 18.9. The predicted molar refractivity (Wildman–Crippen MR) is 142 cm³/mol. The van der Waals surface area contributed by atoms with E-state index in [4.69, 9.17) is 0 Å². The number of thioether (sulfide) groups is 2. The van der Waals surface area contributed by atoms with E-state index in [2.05, 4.69) is 72.0 Å². The maximum absolute atomic E-state index is 3.25. The van der Waals surface area contributed by atoms with Gasteiger partial charge in [0, 0.05) is 33.8 Å². The molecule has 0 aliphatic rings. The van der Waals surface area contributed by atoms with E-state index in [0.29, 0.717) is 0 Å². The molecular formula is C30H30S2. The molecule has 2 heteroatoms.